The Bertz CT molecular complexity index is 245. The first-order valence-electron chi connectivity index (χ1n) is 4.35. The first-order valence-corrected chi connectivity index (χ1v) is 4.35. The van der Waals surface area contributed by atoms with Gasteiger partial charge in [-0.05, 0) is 6.92 Å². The normalized spacial score (nSPS) is 11.2. The number of carbonyl (C=O) groups excluding carboxylic acids is 1. The van der Waals surface area contributed by atoms with Crippen LogP contribution < -0.4 is 0 Å². The number of ether oxygens (including phenoxy) is 2. The third kappa shape index (κ3) is 7.65. The van der Waals surface area contributed by atoms with Gasteiger partial charge in [0.25, 0.3) is 0 Å². The molecule has 2 N–H and O–H groups in total. The van der Waals surface area contributed by atoms with Gasteiger partial charge >= 0.3 is 11.9 Å². The molecule has 86 valence electrons. The minimum atomic E-state index is -1.19. The molecule has 0 unspecified atom stereocenters. The van der Waals surface area contributed by atoms with Gasteiger partial charge < -0.3 is 19.7 Å². The van der Waals surface area contributed by atoms with Crippen molar-refractivity contribution in [3.05, 3.63) is 11.6 Å². The molecular formula is C9H14O6. The van der Waals surface area contributed by atoms with Crippen molar-refractivity contribution >= 4 is 11.9 Å². The van der Waals surface area contributed by atoms with Gasteiger partial charge in [-0.3, -0.25) is 0 Å². The van der Waals surface area contributed by atoms with E-state index in [1.165, 1.54) is 6.92 Å². The summed E-state index contributed by atoms with van der Waals surface area (Å²) in [5, 5.41) is 16.7. The molecule has 0 radical (unpaired) electrons. The topological polar surface area (TPSA) is 93.1 Å². The smallest absolute Gasteiger partial charge is 0.334 e. The van der Waals surface area contributed by atoms with E-state index < -0.39 is 11.9 Å². The van der Waals surface area contributed by atoms with Gasteiger partial charge in [0.2, 0.25) is 0 Å². The van der Waals surface area contributed by atoms with Crippen LogP contribution in [-0.2, 0) is 19.1 Å². The van der Waals surface area contributed by atoms with E-state index in [0.717, 1.165) is 6.08 Å². The first-order chi connectivity index (χ1) is 7.07. The monoisotopic (exact) mass is 218 g/mol. The standard InChI is InChI=1S/C9H14O6/c1-7(6-8(11)12)9(13)15-5-4-14-3-2-10/h6,10H,2-5H2,1H3,(H,11,12)/b7-6+. The van der Waals surface area contributed by atoms with Crippen LogP contribution in [0.4, 0.5) is 0 Å². The summed E-state index contributed by atoms with van der Waals surface area (Å²) < 4.78 is 9.51. The van der Waals surface area contributed by atoms with E-state index in [4.69, 9.17) is 14.9 Å². The van der Waals surface area contributed by atoms with Gasteiger partial charge in [-0.25, -0.2) is 9.59 Å². The van der Waals surface area contributed by atoms with Crippen LogP contribution in [0.3, 0.4) is 0 Å². The first kappa shape index (κ1) is 13.6. The molecule has 6 heteroatoms. The van der Waals surface area contributed by atoms with Crippen molar-refractivity contribution in [3.8, 4) is 0 Å². The van der Waals surface area contributed by atoms with Crippen molar-refractivity contribution in [2.75, 3.05) is 26.4 Å². The van der Waals surface area contributed by atoms with Crippen molar-refractivity contribution < 1.29 is 29.3 Å². The van der Waals surface area contributed by atoms with Crippen molar-refractivity contribution in [2.24, 2.45) is 0 Å². The second-order valence-electron chi connectivity index (χ2n) is 2.64. The molecule has 0 aliphatic carbocycles. The summed E-state index contributed by atoms with van der Waals surface area (Å²) in [5.74, 6) is -1.88. The number of aliphatic hydroxyl groups excluding tert-OH is 1. The Kier molecular flexibility index (Phi) is 7.21. The highest BCUT2D eigenvalue weighted by molar-refractivity contribution is 5.95. The fourth-order valence-electron chi connectivity index (χ4n) is 0.718. The molecule has 0 aromatic rings. The molecule has 0 saturated carbocycles. The summed E-state index contributed by atoms with van der Waals surface area (Å²) in [6.45, 7) is 1.65. The average molecular weight is 218 g/mol. The SMILES string of the molecule is C/C(=C\C(=O)O)C(=O)OCCOCCO. The molecular weight excluding hydrogens is 204 g/mol. The van der Waals surface area contributed by atoms with Gasteiger partial charge in [-0.2, -0.15) is 0 Å². The van der Waals surface area contributed by atoms with Crippen molar-refractivity contribution in [3.63, 3.8) is 0 Å². The minimum Gasteiger partial charge on any atom is -0.478 e. The highest BCUT2D eigenvalue weighted by atomic mass is 16.6. The zero-order valence-corrected chi connectivity index (χ0v) is 8.43. The number of hydrogen-bond acceptors (Lipinski definition) is 5. The second kappa shape index (κ2) is 7.95. The van der Waals surface area contributed by atoms with Gasteiger partial charge in [0, 0.05) is 11.6 Å². The van der Waals surface area contributed by atoms with E-state index in [-0.39, 0.29) is 32.0 Å². The van der Waals surface area contributed by atoms with E-state index in [1.54, 1.807) is 0 Å². The quantitative estimate of drug-likeness (QED) is 0.342. The third-order valence-electron chi connectivity index (χ3n) is 1.36. The third-order valence-corrected chi connectivity index (χ3v) is 1.36. The zero-order valence-electron chi connectivity index (χ0n) is 8.43. The summed E-state index contributed by atoms with van der Waals surface area (Å²) in [4.78, 5) is 21.2. The Hall–Kier alpha value is -1.40. The summed E-state index contributed by atoms with van der Waals surface area (Å²) in [5.41, 5.74) is 0.0182. The van der Waals surface area contributed by atoms with E-state index in [9.17, 15) is 9.59 Å². The van der Waals surface area contributed by atoms with Crippen LogP contribution in [0.25, 0.3) is 0 Å². The molecule has 0 amide bonds. The van der Waals surface area contributed by atoms with Crippen molar-refractivity contribution in [2.45, 2.75) is 6.92 Å². The fraction of sp³-hybridized carbons (Fsp3) is 0.556. The molecule has 0 bridgehead atoms. The van der Waals surface area contributed by atoms with E-state index >= 15 is 0 Å². The van der Waals surface area contributed by atoms with Crippen LogP contribution in [0, 0.1) is 0 Å². The summed E-state index contributed by atoms with van der Waals surface area (Å²) >= 11 is 0. The molecule has 0 aliphatic rings. The summed E-state index contributed by atoms with van der Waals surface area (Å²) in [6, 6.07) is 0. The van der Waals surface area contributed by atoms with Gasteiger partial charge in [0.05, 0.1) is 19.8 Å². The van der Waals surface area contributed by atoms with E-state index in [1.807, 2.05) is 0 Å². The number of hydrogen-bond donors (Lipinski definition) is 2. The van der Waals surface area contributed by atoms with Crippen LogP contribution in [0.5, 0.6) is 0 Å². The van der Waals surface area contributed by atoms with Crippen LogP contribution in [-0.4, -0.2) is 48.6 Å². The summed E-state index contributed by atoms with van der Waals surface area (Å²) in [6.07, 6.45) is 0.775. The lowest BCUT2D eigenvalue weighted by Gasteiger charge is -2.04. The average Bonchev–Trinajstić information content (AvgIpc) is 2.16. The van der Waals surface area contributed by atoms with Crippen LogP contribution in [0.2, 0.25) is 0 Å². The number of aliphatic hydroxyl groups is 1. The molecule has 6 nitrogen and oxygen atoms in total. The lowest BCUT2D eigenvalue weighted by atomic mass is 10.3. The minimum absolute atomic E-state index is 0.0182. The number of carboxylic acid groups (broad SMARTS) is 1. The van der Waals surface area contributed by atoms with Crippen LogP contribution in [0.15, 0.2) is 11.6 Å². The molecule has 0 aliphatic heterocycles. The number of carboxylic acids is 1. The lowest BCUT2D eigenvalue weighted by Crippen LogP contribution is -2.13. The number of rotatable bonds is 7. The molecule has 0 aromatic heterocycles. The predicted octanol–water partition coefficient (Wildman–Crippen LogP) is -0.431. The molecule has 0 rings (SSSR count). The Morgan fingerprint density at radius 3 is 2.47 bits per heavy atom. The van der Waals surface area contributed by atoms with E-state index in [2.05, 4.69) is 4.74 Å². The maximum atomic E-state index is 11.1. The van der Waals surface area contributed by atoms with Crippen molar-refractivity contribution in [1.29, 1.82) is 0 Å². The maximum Gasteiger partial charge on any atom is 0.334 e. The Morgan fingerprint density at radius 2 is 1.93 bits per heavy atom. The van der Waals surface area contributed by atoms with Gasteiger partial charge in [-0.1, -0.05) is 0 Å². The number of aliphatic carboxylic acids is 1. The Balaban J connectivity index is 3.70. The molecule has 0 atom stereocenters. The molecule has 0 saturated heterocycles. The lowest BCUT2D eigenvalue weighted by molar-refractivity contribution is -0.141. The number of carbonyl (C=O) groups is 2. The van der Waals surface area contributed by atoms with E-state index in [0.29, 0.717) is 0 Å². The predicted molar refractivity (Wildman–Crippen MR) is 50.3 cm³/mol. The number of esters is 1. The Morgan fingerprint density at radius 1 is 1.27 bits per heavy atom. The second-order valence-corrected chi connectivity index (χ2v) is 2.64. The Labute approximate surface area is 87.1 Å². The highest BCUT2D eigenvalue weighted by Crippen LogP contribution is 1.96. The largest absolute Gasteiger partial charge is 0.478 e. The van der Waals surface area contributed by atoms with Gasteiger partial charge in [-0.15, -0.1) is 0 Å². The highest BCUT2D eigenvalue weighted by Gasteiger charge is 2.06. The molecule has 15 heavy (non-hydrogen) atoms. The molecule has 0 heterocycles. The summed E-state index contributed by atoms with van der Waals surface area (Å²) in [7, 11) is 0. The molecule has 0 fully saturated rings. The van der Waals surface area contributed by atoms with Gasteiger partial charge in [0.15, 0.2) is 0 Å². The van der Waals surface area contributed by atoms with Crippen molar-refractivity contribution in [1.82, 2.24) is 0 Å². The molecule has 0 aromatic carbocycles. The zero-order chi connectivity index (χ0) is 11.7. The van der Waals surface area contributed by atoms with Crippen LogP contribution in [0.1, 0.15) is 6.92 Å². The maximum absolute atomic E-state index is 11.1. The fourth-order valence-corrected chi connectivity index (χ4v) is 0.718. The van der Waals surface area contributed by atoms with Gasteiger partial charge in [0.1, 0.15) is 6.61 Å². The molecule has 0 spiro atoms. The van der Waals surface area contributed by atoms with Crippen LogP contribution >= 0.6 is 0 Å².